The van der Waals surface area contributed by atoms with Gasteiger partial charge in [0.1, 0.15) is 0 Å². The van der Waals surface area contributed by atoms with Gasteiger partial charge in [-0.2, -0.15) is 0 Å². The maximum Gasteiger partial charge on any atom is 0.224 e. The Morgan fingerprint density at radius 3 is 2.85 bits per heavy atom. The average molecular weight is 275 g/mol. The lowest BCUT2D eigenvalue weighted by Crippen LogP contribution is -2.06. The van der Waals surface area contributed by atoms with Gasteiger partial charge in [-0.05, 0) is 38.6 Å². The molecule has 20 heavy (non-hydrogen) atoms. The minimum Gasteiger partial charge on any atom is -0.477 e. The number of pyridine rings is 1. The van der Waals surface area contributed by atoms with Crippen LogP contribution in [0.3, 0.4) is 0 Å². The van der Waals surface area contributed by atoms with E-state index >= 15 is 0 Å². The molecular weight excluding hydrogens is 254 g/mol. The van der Waals surface area contributed by atoms with Crippen molar-refractivity contribution in [3.8, 4) is 5.88 Å². The Bertz CT molecular complexity index is 522. The summed E-state index contributed by atoms with van der Waals surface area (Å²) in [5.41, 5.74) is 7.37. The van der Waals surface area contributed by atoms with Gasteiger partial charge in [-0.3, -0.25) is 4.79 Å². The number of carbonyl (C=O) groups excluding carboxylic acids is 1. The van der Waals surface area contributed by atoms with Gasteiger partial charge < -0.3 is 15.8 Å². The van der Waals surface area contributed by atoms with E-state index < -0.39 is 0 Å². The summed E-state index contributed by atoms with van der Waals surface area (Å²) in [6, 6.07) is 1.73. The third kappa shape index (κ3) is 4.42. The molecule has 0 fully saturated rings. The van der Waals surface area contributed by atoms with Gasteiger partial charge in [-0.1, -0.05) is 13.0 Å². The summed E-state index contributed by atoms with van der Waals surface area (Å²) >= 11 is 0. The summed E-state index contributed by atoms with van der Waals surface area (Å²) in [4.78, 5) is 15.9. The van der Waals surface area contributed by atoms with Gasteiger partial charge >= 0.3 is 0 Å². The highest BCUT2D eigenvalue weighted by atomic mass is 16.5. The summed E-state index contributed by atoms with van der Waals surface area (Å²) in [5, 5.41) is 3.13. The van der Waals surface area contributed by atoms with Crippen molar-refractivity contribution in [2.45, 2.75) is 27.2 Å². The first-order valence-corrected chi connectivity index (χ1v) is 6.57. The van der Waals surface area contributed by atoms with Crippen LogP contribution in [0.5, 0.6) is 5.88 Å². The molecule has 0 atom stereocenters. The number of nitrogens with zero attached hydrogens (tertiary/aromatic N) is 1. The van der Waals surface area contributed by atoms with Crippen LogP contribution in [0.1, 0.15) is 37.6 Å². The second kappa shape index (κ2) is 7.99. The molecule has 5 heteroatoms. The highest BCUT2D eigenvalue weighted by Gasteiger charge is 2.11. The molecule has 0 radical (unpaired) electrons. The number of hydrogen-bond donors (Lipinski definition) is 2. The second-order valence-corrected chi connectivity index (χ2v) is 4.21. The lowest BCUT2D eigenvalue weighted by molar-refractivity contribution is 0.101. The molecule has 1 aromatic rings. The molecule has 3 N–H and O–H groups in total. The molecule has 0 amide bonds. The molecule has 1 heterocycles. The fourth-order valence-corrected chi connectivity index (χ4v) is 1.57. The van der Waals surface area contributed by atoms with Crippen LogP contribution in [0.2, 0.25) is 0 Å². The largest absolute Gasteiger partial charge is 0.477 e. The van der Waals surface area contributed by atoms with E-state index in [2.05, 4.69) is 10.3 Å². The van der Waals surface area contributed by atoms with Crippen LogP contribution in [0.15, 0.2) is 36.3 Å². The van der Waals surface area contributed by atoms with Crippen LogP contribution in [-0.4, -0.2) is 17.4 Å². The molecule has 0 saturated carbocycles. The van der Waals surface area contributed by atoms with E-state index in [9.17, 15) is 4.79 Å². The summed E-state index contributed by atoms with van der Waals surface area (Å²) in [6.45, 7) is 5.92. The zero-order valence-electron chi connectivity index (χ0n) is 12.1. The topological polar surface area (TPSA) is 77.2 Å². The number of ether oxygens (including phenoxy) is 1. The first-order chi connectivity index (χ1) is 9.62. The monoisotopic (exact) mass is 275 g/mol. The lowest BCUT2D eigenvalue weighted by atomic mass is 10.2. The summed E-state index contributed by atoms with van der Waals surface area (Å²) in [6.07, 6.45) is 7.54. The third-order valence-corrected chi connectivity index (χ3v) is 2.55. The molecule has 0 aliphatic rings. The van der Waals surface area contributed by atoms with Crippen molar-refractivity contribution in [2.75, 3.05) is 11.9 Å². The van der Waals surface area contributed by atoms with Crippen LogP contribution in [-0.2, 0) is 0 Å². The van der Waals surface area contributed by atoms with Gasteiger partial charge in [0.05, 0.1) is 24.1 Å². The average Bonchev–Trinajstić information content (AvgIpc) is 2.45. The lowest BCUT2D eigenvalue weighted by Gasteiger charge is -2.11. The van der Waals surface area contributed by atoms with E-state index in [1.807, 2.05) is 19.9 Å². The number of carbonyl (C=O) groups is 1. The number of Topliss-reactive ketones (excluding diaryl/α,β-unsaturated/α-hetero) is 1. The Hall–Kier alpha value is -2.30. The number of rotatable bonds is 7. The smallest absolute Gasteiger partial charge is 0.224 e. The first-order valence-electron chi connectivity index (χ1n) is 6.57. The minimum atomic E-state index is -0.0800. The molecule has 108 valence electrons. The molecule has 0 aliphatic carbocycles. The number of allylic oxidation sites excluding steroid dienone is 2. The zero-order valence-corrected chi connectivity index (χ0v) is 12.1. The number of anilines is 1. The molecule has 0 aromatic carbocycles. The summed E-state index contributed by atoms with van der Waals surface area (Å²) in [7, 11) is 0. The Morgan fingerprint density at radius 1 is 1.55 bits per heavy atom. The van der Waals surface area contributed by atoms with Crippen molar-refractivity contribution in [1.82, 2.24) is 4.98 Å². The maximum absolute atomic E-state index is 11.7. The molecular formula is C15H21N3O2. The second-order valence-electron chi connectivity index (χ2n) is 4.21. The van der Waals surface area contributed by atoms with E-state index in [1.165, 1.54) is 13.1 Å². The van der Waals surface area contributed by atoms with Gasteiger partial charge in [0.15, 0.2) is 5.78 Å². The number of hydrogen-bond acceptors (Lipinski definition) is 5. The van der Waals surface area contributed by atoms with Crippen molar-refractivity contribution in [2.24, 2.45) is 5.73 Å². The highest BCUT2D eigenvalue weighted by molar-refractivity contribution is 5.97. The van der Waals surface area contributed by atoms with E-state index in [1.54, 1.807) is 18.3 Å². The normalized spacial score (nSPS) is 11.7. The molecule has 1 aromatic heterocycles. The zero-order chi connectivity index (χ0) is 15.0. The van der Waals surface area contributed by atoms with Crippen molar-refractivity contribution < 1.29 is 9.53 Å². The predicted octanol–water partition coefficient (Wildman–Crippen LogP) is 2.86. The van der Waals surface area contributed by atoms with Gasteiger partial charge in [-0.15, -0.1) is 0 Å². The molecule has 0 bridgehead atoms. The van der Waals surface area contributed by atoms with Crippen molar-refractivity contribution in [1.29, 1.82) is 0 Å². The van der Waals surface area contributed by atoms with Crippen LogP contribution < -0.4 is 15.8 Å². The van der Waals surface area contributed by atoms with E-state index in [0.29, 0.717) is 23.7 Å². The van der Waals surface area contributed by atoms with Crippen LogP contribution >= 0.6 is 0 Å². The Morgan fingerprint density at radius 2 is 2.30 bits per heavy atom. The Kier molecular flexibility index (Phi) is 6.29. The van der Waals surface area contributed by atoms with E-state index in [-0.39, 0.29) is 5.78 Å². The van der Waals surface area contributed by atoms with Gasteiger partial charge in [0.2, 0.25) is 5.88 Å². The maximum atomic E-state index is 11.7. The Balaban J connectivity index is 3.01. The van der Waals surface area contributed by atoms with Crippen LogP contribution in [0.25, 0.3) is 0 Å². The fraction of sp³-hybridized carbons (Fsp3) is 0.333. The standard InChI is InChI=1S/C15H21N3O2/c1-4-8-20-15-14(11(3)19)9-13(10-17-15)18-12(5-2)6-7-16/h5-7,9-10,18H,4,8,16H2,1-3H3/b7-6-,12-5+. The first kappa shape index (κ1) is 15.8. The number of ketones is 1. The van der Waals surface area contributed by atoms with E-state index in [4.69, 9.17) is 10.5 Å². The van der Waals surface area contributed by atoms with Gasteiger partial charge in [0.25, 0.3) is 0 Å². The van der Waals surface area contributed by atoms with Crippen molar-refractivity contribution in [3.63, 3.8) is 0 Å². The fourth-order valence-electron chi connectivity index (χ4n) is 1.57. The molecule has 0 spiro atoms. The summed E-state index contributed by atoms with van der Waals surface area (Å²) in [5.74, 6) is 0.296. The quantitative estimate of drug-likeness (QED) is 0.591. The predicted molar refractivity (Wildman–Crippen MR) is 80.7 cm³/mol. The van der Waals surface area contributed by atoms with Crippen LogP contribution in [0, 0.1) is 0 Å². The van der Waals surface area contributed by atoms with E-state index in [0.717, 1.165) is 12.1 Å². The summed E-state index contributed by atoms with van der Waals surface area (Å²) < 4.78 is 5.47. The minimum absolute atomic E-state index is 0.0800. The van der Waals surface area contributed by atoms with Crippen molar-refractivity contribution >= 4 is 11.5 Å². The Labute approximate surface area is 119 Å². The third-order valence-electron chi connectivity index (χ3n) is 2.55. The van der Waals surface area contributed by atoms with Gasteiger partial charge in [0, 0.05) is 5.70 Å². The molecule has 5 nitrogen and oxygen atoms in total. The SMILES string of the molecule is C/C=C(\C=C/N)Nc1cnc(OCCC)c(C(C)=O)c1. The number of aromatic nitrogens is 1. The molecule has 0 aliphatic heterocycles. The number of nitrogens with one attached hydrogen (secondary N) is 1. The van der Waals surface area contributed by atoms with Crippen molar-refractivity contribution in [3.05, 3.63) is 41.9 Å². The number of nitrogens with two attached hydrogens (primary N) is 1. The van der Waals surface area contributed by atoms with Gasteiger partial charge in [-0.25, -0.2) is 4.98 Å². The van der Waals surface area contributed by atoms with Crippen LogP contribution in [0.4, 0.5) is 5.69 Å². The molecule has 1 rings (SSSR count). The molecule has 0 unspecified atom stereocenters. The highest BCUT2D eigenvalue weighted by Crippen LogP contribution is 2.21. The molecule has 0 saturated heterocycles.